The SMILES string of the molecule is [C-]#[N+]C[C@H]1CN(c2nc(OC[C@@H]3CCCN3C)nc3c2CNC3)CCN1C(=O)C(=C)F. The molecule has 9 nitrogen and oxygen atoms in total. The second-order valence-electron chi connectivity index (χ2n) is 8.29. The van der Waals surface area contributed by atoms with Crippen molar-refractivity contribution in [3.63, 3.8) is 0 Å². The molecule has 0 bridgehead atoms. The van der Waals surface area contributed by atoms with E-state index in [2.05, 4.69) is 38.6 Å². The number of carbonyl (C=O) groups is 1. The van der Waals surface area contributed by atoms with Crippen LogP contribution >= 0.6 is 0 Å². The van der Waals surface area contributed by atoms with Gasteiger partial charge in [0.2, 0.25) is 6.54 Å². The van der Waals surface area contributed by atoms with E-state index in [1.54, 1.807) is 0 Å². The fourth-order valence-corrected chi connectivity index (χ4v) is 4.55. The number of hydrogen-bond donors (Lipinski definition) is 1. The summed E-state index contributed by atoms with van der Waals surface area (Å²) in [5.41, 5.74) is 1.93. The van der Waals surface area contributed by atoms with Crippen LogP contribution in [0, 0.1) is 6.57 Å². The molecule has 4 rings (SSSR count). The normalized spacial score (nSPS) is 23.5. The molecule has 0 spiro atoms. The zero-order valence-electron chi connectivity index (χ0n) is 17.8. The minimum absolute atomic E-state index is 0.0957. The molecule has 31 heavy (non-hydrogen) atoms. The first-order valence-corrected chi connectivity index (χ1v) is 10.6. The number of likely N-dealkylation sites (tertiary alicyclic amines) is 1. The molecule has 1 aromatic heterocycles. The van der Waals surface area contributed by atoms with Crippen LogP contribution in [0.4, 0.5) is 10.2 Å². The Morgan fingerprint density at radius 1 is 1.32 bits per heavy atom. The Balaban J connectivity index is 1.54. The molecule has 2 saturated heterocycles. The summed E-state index contributed by atoms with van der Waals surface area (Å²) in [7, 11) is 2.10. The number of amides is 1. The molecule has 1 N–H and O–H groups in total. The molecule has 0 unspecified atom stereocenters. The number of hydrogen-bond acceptors (Lipinski definition) is 7. The Hall–Kier alpha value is -2.77. The number of anilines is 1. The van der Waals surface area contributed by atoms with Gasteiger partial charge in [-0.15, -0.1) is 0 Å². The van der Waals surface area contributed by atoms with E-state index in [1.807, 2.05) is 0 Å². The maximum absolute atomic E-state index is 13.5. The maximum Gasteiger partial charge on any atom is 0.318 e. The Kier molecular flexibility index (Phi) is 6.34. The molecule has 3 aliphatic rings. The highest BCUT2D eigenvalue weighted by Gasteiger charge is 2.36. The quantitative estimate of drug-likeness (QED) is 0.533. The number of carbonyl (C=O) groups excluding carboxylic acids is 1. The van der Waals surface area contributed by atoms with Gasteiger partial charge in [-0.05, 0) is 26.4 Å². The molecule has 2 atom stereocenters. The highest BCUT2D eigenvalue weighted by atomic mass is 19.1. The van der Waals surface area contributed by atoms with E-state index in [4.69, 9.17) is 16.3 Å². The smallest absolute Gasteiger partial charge is 0.318 e. The van der Waals surface area contributed by atoms with Crippen LogP contribution in [0.1, 0.15) is 24.1 Å². The third-order valence-corrected chi connectivity index (χ3v) is 6.30. The molecule has 4 heterocycles. The van der Waals surface area contributed by atoms with Crippen LogP contribution in [0.2, 0.25) is 0 Å². The van der Waals surface area contributed by atoms with Gasteiger partial charge in [0.05, 0.1) is 5.69 Å². The molecular weight excluding hydrogens is 401 g/mol. The van der Waals surface area contributed by atoms with Gasteiger partial charge >= 0.3 is 6.01 Å². The lowest BCUT2D eigenvalue weighted by Gasteiger charge is -2.40. The average Bonchev–Trinajstić information content (AvgIpc) is 3.39. The number of ether oxygens (including phenoxy) is 1. The number of likely N-dealkylation sites (N-methyl/N-ethyl adjacent to an activating group) is 1. The van der Waals surface area contributed by atoms with Crippen molar-refractivity contribution in [2.45, 2.75) is 38.0 Å². The van der Waals surface area contributed by atoms with Gasteiger partial charge in [-0.2, -0.15) is 9.97 Å². The number of nitrogens with zero attached hydrogens (tertiary/aromatic N) is 6. The molecule has 0 aliphatic carbocycles. The highest BCUT2D eigenvalue weighted by molar-refractivity contribution is 5.91. The van der Waals surface area contributed by atoms with E-state index in [0.717, 1.165) is 30.0 Å². The van der Waals surface area contributed by atoms with Gasteiger partial charge in [0.25, 0.3) is 5.91 Å². The summed E-state index contributed by atoms with van der Waals surface area (Å²) in [5, 5.41) is 3.31. The van der Waals surface area contributed by atoms with E-state index in [-0.39, 0.29) is 6.54 Å². The lowest BCUT2D eigenvalue weighted by Crippen LogP contribution is -2.56. The topological polar surface area (TPSA) is 78.2 Å². The van der Waals surface area contributed by atoms with Crippen molar-refractivity contribution >= 4 is 11.7 Å². The van der Waals surface area contributed by atoms with Crippen molar-refractivity contribution in [3.05, 3.63) is 35.1 Å². The molecule has 166 valence electrons. The van der Waals surface area contributed by atoms with Crippen molar-refractivity contribution in [1.82, 2.24) is 25.1 Å². The Morgan fingerprint density at radius 3 is 2.87 bits per heavy atom. The lowest BCUT2D eigenvalue weighted by molar-refractivity contribution is -0.131. The standard InChI is InChI=1S/C21H28FN7O2/c1-14(22)20(30)29-8-7-28(12-16(29)9-23-2)19-17-10-24-11-18(17)25-21(26-19)31-13-15-5-4-6-27(15)3/h15-16,24H,1,4-13H2,3H3/t15-,16-/m0/s1. The van der Waals surface area contributed by atoms with Crippen LogP contribution in [-0.2, 0) is 17.9 Å². The first kappa shape index (κ1) is 21.5. The maximum atomic E-state index is 13.5. The van der Waals surface area contributed by atoms with Crippen LogP contribution in [-0.4, -0.2) is 84.1 Å². The third-order valence-electron chi connectivity index (χ3n) is 6.30. The van der Waals surface area contributed by atoms with Crippen LogP contribution in [0.5, 0.6) is 6.01 Å². The van der Waals surface area contributed by atoms with Crippen LogP contribution in [0.25, 0.3) is 4.85 Å². The molecule has 10 heteroatoms. The molecule has 0 saturated carbocycles. The van der Waals surface area contributed by atoms with Crippen molar-refractivity contribution < 1.29 is 13.9 Å². The van der Waals surface area contributed by atoms with Gasteiger partial charge in [-0.1, -0.05) is 6.58 Å². The predicted molar refractivity (Wildman–Crippen MR) is 113 cm³/mol. The highest BCUT2D eigenvalue weighted by Crippen LogP contribution is 2.29. The lowest BCUT2D eigenvalue weighted by atomic mass is 10.1. The van der Waals surface area contributed by atoms with Gasteiger partial charge in [-0.25, -0.2) is 11.0 Å². The Bertz CT molecular complexity index is 902. The van der Waals surface area contributed by atoms with Crippen molar-refractivity contribution in [2.24, 2.45) is 0 Å². The largest absolute Gasteiger partial charge is 0.462 e. The molecule has 0 aromatic carbocycles. The molecule has 2 fully saturated rings. The average molecular weight is 430 g/mol. The van der Waals surface area contributed by atoms with E-state index < -0.39 is 17.8 Å². The van der Waals surface area contributed by atoms with E-state index >= 15 is 0 Å². The predicted octanol–water partition coefficient (Wildman–Crippen LogP) is 0.972. The van der Waals surface area contributed by atoms with E-state index in [0.29, 0.717) is 51.4 Å². The summed E-state index contributed by atoms with van der Waals surface area (Å²) >= 11 is 0. The van der Waals surface area contributed by atoms with Gasteiger partial charge < -0.3 is 29.6 Å². The summed E-state index contributed by atoms with van der Waals surface area (Å²) in [6, 6.07) is 0.294. The molecular formula is C21H28FN7O2. The Labute approximate surface area is 181 Å². The van der Waals surface area contributed by atoms with Crippen LogP contribution in [0.15, 0.2) is 12.4 Å². The fourth-order valence-electron chi connectivity index (χ4n) is 4.55. The fraction of sp³-hybridized carbons (Fsp3) is 0.619. The van der Waals surface area contributed by atoms with Crippen molar-refractivity contribution in [3.8, 4) is 6.01 Å². The molecule has 1 amide bonds. The summed E-state index contributed by atoms with van der Waals surface area (Å²) in [5.74, 6) is -0.971. The monoisotopic (exact) mass is 429 g/mol. The zero-order valence-corrected chi connectivity index (χ0v) is 17.8. The summed E-state index contributed by atoms with van der Waals surface area (Å²) in [6.07, 6.45) is 2.27. The molecule has 3 aliphatic heterocycles. The van der Waals surface area contributed by atoms with Crippen LogP contribution < -0.4 is 15.0 Å². The van der Waals surface area contributed by atoms with Gasteiger partial charge in [0, 0.05) is 44.3 Å². The van der Waals surface area contributed by atoms with E-state index in [9.17, 15) is 9.18 Å². The Morgan fingerprint density at radius 2 is 2.16 bits per heavy atom. The number of aromatic nitrogens is 2. The van der Waals surface area contributed by atoms with Gasteiger partial charge in [-0.3, -0.25) is 4.79 Å². The number of fused-ring (bicyclic) bond motifs is 1. The second-order valence-corrected chi connectivity index (χ2v) is 8.29. The van der Waals surface area contributed by atoms with Crippen LogP contribution in [0.3, 0.4) is 0 Å². The molecule has 0 radical (unpaired) electrons. The number of piperazine rings is 1. The minimum atomic E-state index is -0.997. The molecule has 1 aromatic rings. The van der Waals surface area contributed by atoms with Crippen molar-refractivity contribution in [2.75, 3.05) is 51.3 Å². The van der Waals surface area contributed by atoms with E-state index in [1.165, 1.54) is 11.3 Å². The second kappa shape index (κ2) is 9.16. The number of halogens is 1. The summed E-state index contributed by atoms with van der Waals surface area (Å²) in [4.78, 5) is 30.7. The van der Waals surface area contributed by atoms with Crippen molar-refractivity contribution in [1.29, 1.82) is 0 Å². The number of rotatable bonds is 6. The van der Waals surface area contributed by atoms with Gasteiger partial charge in [0.15, 0.2) is 5.83 Å². The summed E-state index contributed by atoms with van der Waals surface area (Å²) < 4.78 is 19.5. The summed E-state index contributed by atoms with van der Waals surface area (Å²) in [6.45, 7) is 14.6. The minimum Gasteiger partial charge on any atom is -0.462 e. The first-order chi connectivity index (χ1) is 15.0. The number of nitrogens with one attached hydrogen (secondary N) is 1. The third kappa shape index (κ3) is 4.48. The zero-order chi connectivity index (χ0) is 22.0. The van der Waals surface area contributed by atoms with Gasteiger partial charge in [0.1, 0.15) is 18.5 Å². The first-order valence-electron chi connectivity index (χ1n) is 10.6.